The van der Waals surface area contributed by atoms with Crippen molar-refractivity contribution in [3.8, 4) is 17.6 Å². The summed E-state index contributed by atoms with van der Waals surface area (Å²) in [5, 5.41) is 10.0. The molecule has 35 heavy (non-hydrogen) atoms. The number of nitrogens with one attached hydrogen (secondary N) is 1. The molecule has 0 fully saturated rings. The van der Waals surface area contributed by atoms with Gasteiger partial charge >= 0.3 is 0 Å². The van der Waals surface area contributed by atoms with Crippen LogP contribution in [0.2, 0.25) is 5.02 Å². The average Bonchev–Trinajstić information content (AvgIpc) is 2.81. The van der Waals surface area contributed by atoms with Crippen molar-refractivity contribution < 1.29 is 17.9 Å². The van der Waals surface area contributed by atoms with Crippen molar-refractivity contribution >= 4 is 27.4 Å². The lowest BCUT2D eigenvalue weighted by molar-refractivity contribution is 0.300. The number of sulfonamides is 1. The second-order valence-corrected chi connectivity index (χ2v) is 10.7. The summed E-state index contributed by atoms with van der Waals surface area (Å²) in [7, 11) is -3.41. The van der Waals surface area contributed by atoms with Crippen molar-refractivity contribution in [3.63, 3.8) is 0 Å². The Kier molecular flexibility index (Phi) is 8.20. The first kappa shape index (κ1) is 26.3. The number of benzene rings is 2. The molecule has 0 aliphatic heterocycles. The maximum absolute atomic E-state index is 11.3. The fourth-order valence-electron chi connectivity index (χ4n) is 3.35. The van der Waals surface area contributed by atoms with E-state index in [1.165, 1.54) is 12.4 Å². The van der Waals surface area contributed by atoms with E-state index in [2.05, 4.69) is 34.6 Å². The van der Waals surface area contributed by atoms with Crippen molar-refractivity contribution in [2.75, 3.05) is 17.6 Å². The predicted octanol–water partition coefficient (Wildman–Crippen LogP) is 5.07. The van der Waals surface area contributed by atoms with Gasteiger partial charge in [-0.3, -0.25) is 9.71 Å². The number of halogens is 1. The number of hydrogen-bond acceptors (Lipinski definition) is 7. The van der Waals surface area contributed by atoms with Gasteiger partial charge in [0.15, 0.2) is 11.6 Å². The molecule has 0 saturated carbocycles. The van der Waals surface area contributed by atoms with Gasteiger partial charge < -0.3 is 9.47 Å². The van der Waals surface area contributed by atoms with E-state index in [4.69, 9.17) is 21.1 Å². The Morgan fingerprint density at radius 1 is 1.09 bits per heavy atom. The Morgan fingerprint density at radius 3 is 2.37 bits per heavy atom. The van der Waals surface area contributed by atoms with Gasteiger partial charge in [0, 0.05) is 5.41 Å². The largest absolute Gasteiger partial charge is 0.491 e. The highest BCUT2D eigenvalue weighted by Gasteiger charge is 2.26. The molecule has 1 heterocycles. The molecule has 0 unspecified atom stereocenters. The highest BCUT2D eigenvalue weighted by molar-refractivity contribution is 7.92. The van der Waals surface area contributed by atoms with Crippen LogP contribution in [0.15, 0.2) is 48.8 Å². The molecule has 10 heteroatoms. The van der Waals surface area contributed by atoms with E-state index in [1.807, 2.05) is 43.3 Å². The Bertz CT molecular complexity index is 1320. The van der Waals surface area contributed by atoms with E-state index >= 15 is 0 Å². The molecule has 3 rings (SSSR count). The molecule has 2 aromatic carbocycles. The van der Waals surface area contributed by atoms with Crippen LogP contribution < -0.4 is 14.2 Å². The molecule has 0 spiro atoms. The van der Waals surface area contributed by atoms with Crippen LogP contribution in [0.4, 0.5) is 5.82 Å². The normalized spacial score (nSPS) is 11.5. The Morgan fingerprint density at radius 2 is 1.80 bits per heavy atom. The SMILES string of the molecule is CCCOc1c(Cl)cc(C(C)(C)c2ccc(OCc3cnc(NS(C)(=O)=O)cn3)cc2)cc1C#N. The highest BCUT2D eigenvalue weighted by atomic mass is 35.5. The van der Waals surface area contributed by atoms with Crippen LogP contribution in [0.25, 0.3) is 0 Å². The van der Waals surface area contributed by atoms with E-state index in [0.29, 0.717) is 34.4 Å². The zero-order chi connectivity index (χ0) is 25.6. The van der Waals surface area contributed by atoms with Gasteiger partial charge in [0.2, 0.25) is 10.0 Å². The lowest BCUT2D eigenvalue weighted by atomic mass is 9.77. The quantitative estimate of drug-likeness (QED) is 0.401. The van der Waals surface area contributed by atoms with E-state index in [9.17, 15) is 13.7 Å². The van der Waals surface area contributed by atoms with Crippen molar-refractivity contribution in [1.82, 2.24) is 9.97 Å². The molecule has 0 aliphatic rings. The minimum absolute atomic E-state index is 0.146. The zero-order valence-electron chi connectivity index (χ0n) is 20.0. The molecule has 0 amide bonds. The zero-order valence-corrected chi connectivity index (χ0v) is 21.6. The summed E-state index contributed by atoms with van der Waals surface area (Å²) in [5.74, 6) is 1.21. The van der Waals surface area contributed by atoms with E-state index in [0.717, 1.165) is 23.8 Å². The fraction of sp³-hybridized carbons (Fsp3) is 0.320. The number of nitrogens with zero attached hydrogens (tertiary/aromatic N) is 3. The summed E-state index contributed by atoms with van der Waals surface area (Å²) in [6.07, 6.45) is 4.66. The molecule has 1 N–H and O–H groups in total. The van der Waals surface area contributed by atoms with Crippen LogP contribution in [0, 0.1) is 11.3 Å². The molecule has 8 nitrogen and oxygen atoms in total. The van der Waals surface area contributed by atoms with Gasteiger partial charge in [-0.2, -0.15) is 5.26 Å². The first-order chi connectivity index (χ1) is 16.5. The van der Waals surface area contributed by atoms with Crippen molar-refractivity contribution in [2.24, 2.45) is 0 Å². The topological polar surface area (TPSA) is 114 Å². The lowest BCUT2D eigenvalue weighted by Gasteiger charge is -2.27. The van der Waals surface area contributed by atoms with Crippen LogP contribution >= 0.6 is 11.6 Å². The first-order valence-electron chi connectivity index (χ1n) is 10.9. The summed E-state index contributed by atoms with van der Waals surface area (Å²) < 4.78 is 36.2. The molecule has 3 aromatic rings. The van der Waals surface area contributed by atoms with Crippen LogP contribution in [-0.2, 0) is 22.0 Å². The number of aromatic nitrogens is 2. The Hall–Kier alpha value is -3.35. The average molecular weight is 515 g/mol. The molecule has 0 bridgehead atoms. The fourth-order valence-corrected chi connectivity index (χ4v) is 4.11. The molecular weight excluding hydrogens is 488 g/mol. The monoisotopic (exact) mass is 514 g/mol. The lowest BCUT2D eigenvalue weighted by Crippen LogP contribution is -2.19. The van der Waals surface area contributed by atoms with Crippen molar-refractivity contribution in [2.45, 2.75) is 39.2 Å². The Labute approximate surface area is 211 Å². The summed E-state index contributed by atoms with van der Waals surface area (Å²) in [6, 6.07) is 13.5. The summed E-state index contributed by atoms with van der Waals surface area (Å²) in [6.45, 7) is 6.78. The third-order valence-corrected chi connectivity index (χ3v) is 6.15. The molecule has 0 atom stereocenters. The number of hydrogen-bond donors (Lipinski definition) is 1. The third-order valence-electron chi connectivity index (χ3n) is 5.29. The van der Waals surface area contributed by atoms with Crippen LogP contribution in [0.1, 0.15) is 49.6 Å². The first-order valence-corrected chi connectivity index (χ1v) is 13.2. The van der Waals surface area contributed by atoms with Gasteiger partial charge in [-0.05, 0) is 41.8 Å². The number of nitriles is 1. The van der Waals surface area contributed by atoms with Crippen molar-refractivity contribution in [1.29, 1.82) is 5.26 Å². The smallest absolute Gasteiger partial charge is 0.231 e. The van der Waals surface area contributed by atoms with Gasteiger partial charge in [-0.25, -0.2) is 13.4 Å². The van der Waals surface area contributed by atoms with E-state index < -0.39 is 15.4 Å². The molecule has 0 saturated heterocycles. The molecular formula is C25H27ClN4O4S. The van der Waals surface area contributed by atoms with E-state index in [-0.39, 0.29) is 12.4 Å². The number of anilines is 1. The van der Waals surface area contributed by atoms with Gasteiger partial charge in [-0.15, -0.1) is 0 Å². The minimum atomic E-state index is -3.41. The second kappa shape index (κ2) is 10.9. The molecule has 0 aliphatic carbocycles. The maximum Gasteiger partial charge on any atom is 0.231 e. The Balaban J connectivity index is 1.72. The minimum Gasteiger partial charge on any atom is -0.491 e. The molecule has 184 valence electrons. The summed E-state index contributed by atoms with van der Waals surface area (Å²) in [4.78, 5) is 8.19. The maximum atomic E-state index is 11.3. The summed E-state index contributed by atoms with van der Waals surface area (Å²) >= 11 is 6.47. The van der Waals surface area contributed by atoms with Gasteiger partial charge in [-0.1, -0.05) is 44.5 Å². The van der Waals surface area contributed by atoms with Crippen LogP contribution in [0.3, 0.4) is 0 Å². The highest BCUT2D eigenvalue weighted by Crippen LogP contribution is 2.38. The van der Waals surface area contributed by atoms with Gasteiger partial charge in [0.1, 0.15) is 18.4 Å². The predicted molar refractivity (Wildman–Crippen MR) is 135 cm³/mol. The van der Waals surface area contributed by atoms with Crippen molar-refractivity contribution in [3.05, 3.63) is 76.2 Å². The number of rotatable bonds is 10. The third kappa shape index (κ3) is 6.84. The standard InChI is InChI=1S/C25H27ClN4O4S/c1-5-10-33-24-17(13-27)11-19(12-22(24)26)25(2,3)18-6-8-21(9-7-18)34-16-20-14-29-23(15-28-20)30-35(4,31)32/h6-9,11-12,14-15H,5,10,16H2,1-4H3,(H,29,30). The van der Waals surface area contributed by atoms with E-state index in [1.54, 1.807) is 0 Å². The second-order valence-electron chi connectivity index (χ2n) is 8.50. The molecule has 0 radical (unpaired) electrons. The molecule has 1 aromatic heterocycles. The van der Waals surface area contributed by atoms with Gasteiger partial charge in [0.05, 0.1) is 41.5 Å². The van der Waals surface area contributed by atoms with Crippen LogP contribution in [0.5, 0.6) is 11.5 Å². The summed E-state index contributed by atoms with van der Waals surface area (Å²) in [5.41, 5.74) is 2.45. The van der Waals surface area contributed by atoms with Crippen LogP contribution in [-0.4, -0.2) is 31.2 Å². The van der Waals surface area contributed by atoms with Gasteiger partial charge in [0.25, 0.3) is 0 Å². The number of ether oxygens (including phenoxy) is 2.